The molecule has 322 valence electrons. The van der Waals surface area contributed by atoms with Gasteiger partial charge in [0, 0.05) is 12.8 Å². The van der Waals surface area contributed by atoms with Crippen LogP contribution in [-0.4, -0.2) is 98.3 Å². The second kappa shape index (κ2) is 32.3. The van der Waals surface area contributed by atoms with E-state index in [1.807, 2.05) is 0 Å². The average Bonchev–Trinajstić information content (AvgIpc) is 3.16. The number of rotatable bonds is 34. The van der Waals surface area contributed by atoms with Gasteiger partial charge in [0.25, 0.3) is 0 Å². The Kier molecular flexibility index (Phi) is 30.2. The highest BCUT2D eigenvalue weighted by Crippen LogP contribution is 2.47. The van der Waals surface area contributed by atoms with Crippen LogP contribution in [0.1, 0.15) is 168 Å². The van der Waals surface area contributed by atoms with Gasteiger partial charge in [-0.05, 0) is 64.2 Å². The fourth-order valence-electron chi connectivity index (χ4n) is 6.28. The summed E-state index contributed by atoms with van der Waals surface area (Å²) in [6.45, 7) is 3.23. The number of unbranched alkanes of at least 4 members (excludes halogenated alkanes) is 18. The molecule has 0 amide bonds. The molecular weight excluding hydrogens is 731 g/mol. The van der Waals surface area contributed by atoms with E-state index in [0.29, 0.717) is 12.8 Å². The van der Waals surface area contributed by atoms with Gasteiger partial charge in [0.15, 0.2) is 6.10 Å². The van der Waals surface area contributed by atoms with Crippen LogP contribution in [0.3, 0.4) is 0 Å². The van der Waals surface area contributed by atoms with Crippen molar-refractivity contribution in [3.8, 4) is 0 Å². The summed E-state index contributed by atoms with van der Waals surface area (Å²) in [5.74, 6) is -1.12. The first-order chi connectivity index (χ1) is 26.4. The molecule has 0 heterocycles. The van der Waals surface area contributed by atoms with Gasteiger partial charge in [-0.2, -0.15) is 0 Å². The van der Waals surface area contributed by atoms with Gasteiger partial charge >= 0.3 is 19.8 Å². The highest BCUT2D eigenvalue weighted by Gasteiger charge is 2.51. The number of ether oxygens (including phenoxy) is 2. The molecule has 6 atom stereocenters. The third-order valence-corrected chi connectivity index (χ3v) is 10.8. The molecule has 0 aliphatic heterocycles. The van der Waals surface area contributed by atoms with Crippen LogP contribution < -0.4 is 0 Å². The number of aliphatic hydroxyl groups is 5. The van der Waals surface area contributed by atoms with Gasteiger partial charge < -0.3 is 39.9 Å². The van der Waals surface area contributed by atoms with Crippen molar-refractivity contribution >= 4 is 19.8 Å². The average molecular weight is 807 g/mol. The molecule has 0 aromatic heterocycles. The summed E-state index contributed by atoms with van der Waals surface area (Å²) in [7, 11) is -5.11. The Balaban J connectivity index is 2.52. The zero-order valence-electron chi connectivity index (χ0n) is 33.7. The first-order valence-corrected chi connectivity index (χ1v) is 22.6. The maximum Gasteiger partial charge on any atom is 0.472 e. The monoisotopic (exact) mass is 806 g/mol. The predicted molar refractivity (Wildman–Crippen MR) is 212 cm³/mol. The molecule has 13 nitrogen and oxygen atoms in total. The van der Waals surface area contributed by atoms with Crippen molar-refractivity contribution in [1.82, 2.24) is 0 Å². The Morgan fingerprint density at radius 3 is 1.38 bits per heavy atom. The largest absolute Gasteiger partial charge is 0.472 e. The summed E-state index contributed by atoms with van der Waals surface area (Å²) < 4.78 is 33.4. The van der Waals surface area contributed by atoms with Crippen LogP contribution in [0, 0.1) is 0 Å². The molecule has 6 N–H and O–H groups in total. The number of hydrogen-bond donors (Lipinski definition) is 6. The summed E-state index contributed by atoms with van der Waals surface area (Å²) in [6, 6.07) is 0. The summed E-state index contributed by atoms with van der Waals surface area (Å²) in [5.41, 5.74) is 0. The van der Waals surface area contributed by atoms with Crippen molar-refractivity contribution in [1.29, 1.82) is 0 Å². The van der Waals surface area contributed by atoms with Crippen LogP contribution in [0.2, 0.25) is 0 Å². The molecular formula is C41H75O13P. The Morgan fingerprint density at radius 1 is 0.545 bits per heavy atom. The Hall–Kier alpha value is -1.67. The molecule has 0 aromatic carbocycles. The molecule has 14 heteroatoms. The molecule has 1 rings (SSSR count). The van der Waals surface area contributed by atoms with Crippen LogP contribution in [-0.2, 0) is 32.7 Å². The van der Waals surface area contributed by atoms with Crippen molar-refractivity contribution in [2.75, 3.05) is 13.2 Å². The minimum Gasteiger partial charge on any atom is -0.462 e. The van der Waals surface area contributed by atoms with Gasteiger partial charge in [0.2, 0.25) is 0 Å². The molecule has 0 spiro atoms. The van der Waals surface area contributed by atoms with Crippen LogP contribution >= 0.6 is 7.82 Å². The summed E-state index contributed by atoms with van der Waals surface area (Å²) >= 11 is 0. The highest BCUT2D eigenvalue weighted by molar-refractivity contribution is 7.47. The van der Waals surface area contributed by atoms with E-state index < -0.39 is 75.7 Å². The zero-order chi connectivity index (χ0) is 40.7. The first kappa shape index (κ1) is 51.3. The van der Waals surface area contributed by atoms with E-state index in [1.54, 1.807) is 0 Å². The van der Waals surface area contributed by atoms with Crippen molar-refractivity contribution in [2.45, 2.75) is 211 Å². The second-order valence-electron chi connectivity index (χ2n) is 14.8. The third kappa shape index (κ3) is 25.3. The number of hydrogen-bond acceptors (Lipinski definition) is 12. The van der Waals surface area contributed by atoms with E-state index in [4.69, 9.17) is 18.5 Å². The minimum absolute atomic E-state index is 0.0860. The van der Waals surface area contributed by atoms with E-state index in [1.165, 1.54) is 51.4 Å². The molecule has 0 aromatic rings. The second-order valence-corrected chi connectivity index (χ2v) is 16.2. The SMILES string of the molecule is CCCCCC/C=C\CCCCCCCC(=O)OCC(COP(=O)(O)OC1C(O)C(O)C(O)C(O)C1O)OC(=O)CCCCCCC/C=C\CCCCCC. The van der Waals surface area contributed by atoms with E-state index in [-0.39, 0.29) is 12.8 Å². The quantitative estimate of drug-likeness (QED) is 0.0164. The standard InChI is InChI=1S/C41H75O13P/c1-3-5-7-9-11-13-15-17-19-21-23-25-27-29-34(42)51-31-33(32-52-55(49,50)54-41-39(47)37(45)36(44)38(46)40(41)48)53-35(43)30-28-26-24-22-20-18-16-14-12-10-8-6-4-2/h13-16,33,36-41,44-48H,3-12,17-32H2,1-2H3,(H,49,50)/b15-13-,16-14-. The Bertz CT molecular complexity index is 1070. The van der Waals surface area contributed by atoms with Gasteiger partial charge in [-0.15, -0.1) is 0 Å². The van der Waals surface area contributed by atoms with Gasteiger partial charge in [0.05, 0.1) is 6.61 Å². The minimum atomic E-state index is -5.11. The van der Waals surface area contributed by atoms with E-state index in [0.717, 1.165) is 77.0 Å². The summed E-state index contributed by atoms with van der Waals surface area (Å²) in [4.78, 5) is 35.5. The topological polar surface area (TPSA) is 210 Å². The maximum absolute atomic E-state index is 12.8. The number of phosphoric acid groups is 1. The highest BCUT2D eigenvalue weighted by atomic mass is 31.2. The van der Waals surface area contributed by atoms with Crippen LogP contribution in [0.15, 0.2) is 24.3 Å². The van der Waals surface area contributed by atoms with Crippen LogP contribution in [0.5, 0.6) is 0 Å². The first-order valence-electron chi connectivity index (χ1n) is 21.1. The lowest BCUT2D eigenvalue weighted by molar-refractivity contribution is -0.220. The predicted octanol–water partition coefficient (Wildman–Crippen LogP) is 7.28. The van der Waals surface area contributed by atoms with E-state index in [2.05, 4.69) is 38.2 Å². The lowest BCUT2D eigenvalue weighted by atomic mass is 9.85. The normalized spacial score (nSPS) is 23.3. The van der Waals surface area contributed by atoms with Crippen LogP contribution in [0.4, 0.5) is 0 Å². The van der Waals surface area contributed by atoms with Gasteiger partial charge in [0.1, 0.15) is 43.2 Å². The maximum atomic E-state index is 12.8. The Morgan fingerprint density at radius 2 is 0.927 bits per heavy atom. The van der Waals surface area contributed by atoms with Gasteiger partial charge in [-0.1, -0.05) is 115 Å². The fourth-order valence-corrected chi connectivity index (χ4v) is 7.25. The fraction of sp³-hybridized carbons (Fsp3) is 0.854. The molecule has 6 unspecified atom stereocenters. The zero-order valence-corrected chi connectivity index (χ0v) is 34.6. The van der Waals surface area contributed by atoms with E-state index >= 15 is 0 Å². The van der Waals surface area contributed by atoms with Crippen LogP contribution in [0.25, 0.3) is 0 Å². The molecule has 1 saturated carbocycles. The number of allylic oxidation sites excluding steroid dienone is 4. The third-order valence-electron chi connectivity index (χ3n) is 9.77. The van der Waals surface area contributed by atoms with Crippen molar-refractivity contribution in [2.24, 2.45) is 0 Å². The van der Waals surface area contributed by atoms with E-state index in [9.17, 15) is 44.6 Å². The number of carbonyl (C=O) groups is 2. The molecule has 1 aliphatic rings. The number of phosphoric ester groups is 1. The molecule has 0 saturated heterocycles. The molecule has 55 heavy (non-hydrogen) atoms. The lowest BCUT2D eigenvalue weighted by Gasteiger charge is -2.41. The molecule has 0 radical (unpaired) electrons. The molecule has 1 fully saturated rings. The number of carbonyl (C=O) groups excluding carboxylic acids is 2. The van der Waals surface area contributed by atoms with Gasteiger partial charge in [-0.3, -0.25) is 18.6 Å². The molecule has 1 aliphatic carbocycles. The Labute approximate surface area is 330 Å². The van der Waals surface area contributed by atoms with Crippen molar-refractivity contribution in [3.05, 3.63) is 24.3 Å². The molecule has 0 bridgehead atoms. The van der Waals surface area contributed by atoms with Crippen molar-refractivity contribution in [3.63, 3.8) is 0 Å². The van der Waals surface area contributed by atoms with Crippen molar-refractivity contribution < 1.29 is 63.1 Å². The lowest BCUT2D eigenvalue weighted by Crippen LogP contribution is -2.64. The van der Waals surface area contributed by atoms with Gasteiger partial charge in [-0.25, -0.2) is 4.57 Å². The number of esters is 2. The number of aliphatic hydroxyl groups excluding tert-OH is 5. The summed E-state index contributed by atoms with van der Waals surface area (Å²) in [6.07, 6.45) is 19.6. The smallest absolute Gasteiger partial charge is 0.462 e. The summed E-state index contributed by atoms with van der Waals surface area (Å²) in [5, 5.41) is 50.0.